The number of benzene rings is 2. The molecule has 2 atom stereocenters. The monoisotopic (exact) mass is 531 g/mol. The maximum atomic E-state index is 13.3. The third kappa shape index (κ3) is 5.41. The van der Waals surface area contributed by atoms with Crippen LogP contribution in [0.4, 0.5) is 4.39 Å². The van der Waals surface area contributed by atoms with Gasteiger partial charge < -0.3 is 30.1 Å². The SMILES string of the molecule is C[C@H](OP(=O)(O)CCNC(=O)c1c2cccnc2c(O)c2c(O)n(Cc3ccc(F)cc3)cc12)C(=O)O. The molecule has 37 heavy (non-hydrogen) atoms. The molecule has 0 saturated heterocycles. The van der Waals surface area contributed by atoms with Crippen LogP contribution in [0.1, 0.15) is 22.8 Å². The zero-order valence-corrected chi connectivity index (χ0v) is 20.4. The van der Waals surface area contributed by atoms with Crippen molar-refractivity contribution in [1.82, 2.24) is 14.9 Å². The largest absolute Gasteiger partial charge is 0.505 e. The molecular formula is C24H23FN3O8P. The number of phenols is 1. The Labute approximate surface area is 209 Å². The number of halogens is 1. The van der Waals surface area contributed by atoms with Crippen molar-refractivity contribution in [3.63, 3.8) is 0 Å². The molecule has 194 valence electrons. The van der Waals surface area contributed by atoms with Gasteiger partial charge in [0.15, 0.2) is 11.9 Å². The van der Waals surface area contributed by atoms with Crippen molar-refractivity contribution in [1.29, 1.82) is 0 Å². The molecule has 0 aliphatic rings. The summed E-state index contributed by atoms with van der Waals surface area (Å²) in [4.78, 5) is 38.2. The molecule has 2 heterocycles. The molecule has 13 heteroatoms. The predicted octanol–water partition coefficient (Wildman–Crippen LogP) is 3.19. The highest BCUT2D eigenvalue weighted by Gasteiger charge is 2.28. The summed E-state index contributed by atoms with van der Waals surface area (Å²) in [5.41, 5.74) is 0.762. The quantitative estimate of drug-likeness (QED) is 0.203. The highest BCUT2D eigenvalue weighted by Crippen LogP contribution is 2.44. The van der Waals surface area contributed by atoms with Crippen molar-refractivity contribution in [2.45, 2.75) is 19.6 Å². The molecule has 2 aromatic carbocycles. The number of carbonyl (C=O) groups excluding carboxylic acids is 1. The first-order valence-electron chi connectivity index (χ1n) is 11.1. The van der Waals surface area contributed by atoms with Crippen molar-refractivity contribution in [3.8, 4) is 11.6 Å². The van der Waals surface area contributed by atoms with Gasteiger partial charge in [-0.3, -0.25) is 18.9 Å². The Balaban J connectivity index is 1.69. The average molecular weight is 531 g/mol. The number of aromatic hydroxyl groups is 2. The van der Waals surface area contributed by atoms with Crippen LogP contribution in [-0.2, 0) is 20.4 Å². The molecular weight excluding hydrogens is 508 g/mol. The summed E-state index contributed by atoms with van der Waals surface area (Å²) in [7, 11) is -4.32. The first-order chi connectivity index (χ1) is 17.5. The Kier molecular flexibility index (Phi) is 7.17. The number of amides is 1. The first-order valence-corrected chi connectivity index (χ1v) is 12.8. The maximum absolute atomic E-state index is 13.3. The smallest absolute Gasteiger partial charge is 0.333 e. The normalized spacial score (nSPS) is 13.9. The highest BCUT2D eigenvalue weighted by atomic mass is 31.2. The van der Waals surface area contributed by atoms with Gasteiger partial charge in [0, 0.05) is 29.7 Å². The molecule has 4 rings (SSSR count). The number of aromatic nitrogens is 2. The fourth-order valence-corrected chi connectivity index (χ4v) is 5.01. The molecule has 1 unspecified atom stereocenters. The fraction of sp³-hybridized carbons (Fsp3) is 0.208. The Morgan fingerprint density at radius 2 is 1.89 bits per heavy atom. The van der Waals surface area contributed by atoms with E-state index in [9.17, 15) is 33.7 Å². The summed E-state index contributed by atoms with van der Waals surface area (Å²) < 4.78 is 31.5. The predicted molar refractivity (Wildman–Crippen MR) is 131 cm³/mol. The zero-order chi connectivity index (χ0) is 26.9. The zero-order valence-electron chi connectivity index (χ0n) is 19.5. The molecule has 0 spiro atoms. The van der Waals surface area contributed by atoms with Crippen LogP contribution >= 0.6 is 7.60 Å². The molecule has 0 aliphatic carbocycles. The molecule has 0 fully saturated rings. The highest BCUT2D eigenvalue weighted by molar-refractivity contribution is 7.52. The molecule has 4 aromatic rings. The lowest BCUT2D eigenvalue weighted by Gasteiger charge is -2.16. The van der Waals surface area contributed by atoms with Crippen LogP contribution in [0.15, 0.2) is 48.8 Å². The van der Waals surface area contributed by atoms with E-state index in [0.717, 1.165) is 6.92 Å². The van der Waals surface area contributed by atoms with Gasteiger partial charge in [-0.15, -0.1) is 0 Å². The van der Waals surface area contributed by atoms with Gasteiger partial charge in [0.25, 0.3) is 5.91 Å². The van der Waals surface area contributed by atoms with E-state index >= 15 is 0 Å². The van der Waals surface area contributed by atoms with Crippen molar-refractivity contribution in [2.75, 3.05) is 12.7 Å². The van der Waals surface area contributed by atoms with Crippen LogP contribution in [0.3, 0.4) is 0 Å². The van der Waals surface area contributed by atoms with Gasteiger partial charge in [-0.1, -0.05) is 18.2 Å². The molecule has 11 nitrogen and oxygen atoms in total. The Morgan fingerprint density at radius 3 is 2.57 bits per heavy atom. The molecule has 5 N–H and O–H groups in total. The van der Waals surface area contributed by atoms with Crippen molar-refractivity contribution < 1.29 is 43.3 Å². The number of nitrogens with zero attached hydrogens (tertiary/aromatic N) is 2. The standard InChI is InChI=1S/C24H23FN3O8P/c1-13(24(32)33)36-37(34,35)10-9-27-22(30)18-16-3-2-8-26-20(16)21(29)19-17(18)12-28(23(19)31)11-14-4-6-15(25)7-5-14/h2-8,12-13,29,31H,9-11H2,1H3,(H,27,30)(H,32,33)(H,34,35)/t13-/m0/s1. The number of rotatable bonds is 9. The minimum absolute atomic E-state index is 0.0232. The number of aliphatic carboxylic acids is 1. The van der Waals surface area contributed by atoms with E-state index in [4.69, 9.17) is 5.11 Å². The minimum Gasteiger partial charge on any atom is -0.505 e. The molecule has 1 amide bonds. The van der Waals surface area contributed by atoms with Crippen LogP contribution in [0.5, 0.6) is 11.6 Å². The topological polar surface area (TPSA) is 171 Å². The number of nitrogens with one attached hydrogen (secondary N) is 1. The molecule has 0 saturated carbocycles. The third-order valence-electron chi connectivity index (χ3n) is 5.70. The van der Waals surface area contributed by atoms with Crippen LogP contribution in [-0.4, -0.2) is 60.5 Å². The van der Waals surface area contributed by atoms with E-state index < -0.39 is 37.6 Å². The van der Waals surface area contributed by atoms with E-state index in [1.807, 2.05) is 0 Å². The van der Waals surface area contributed by atoms with E-state index in [1.165, 1.54) is 41.2 Å². The van der Waals surface area contributed by atoms with Gasteiger partial charge in [0.2, 0.25) is 5.88 Å². The van der Waals surface area contributed by atoms with Crippen LogP contribution < -0.4 is 5.32 Å². The second-order valence-electron chi connectivity index (χ2n) is 8.32. The Bertz CT molecular complexity index is 1550. The van der Waals surface area contributed by atoms with Gasteiger partial charge >= 0.3 is 13.6 Å². The summed E-state index contributed by atoms with van der Waals surface area (Å²) in [5.74, 6) is -3.19. The van der Waals surface area contributed by atoms with Crippen molar-refractivity contribution in [2.24, 2.45) is 0 Å². The number of carboxylic acid groups (broad SMARTS) is 1. The molecule has 0 bridgehead atoms. The van der Waals surface area contributed by atoms with E-state index in [0.29, 0.717) is 5.56 Å². The van der Waals surface area contributed by atoms with Crippen molar-refractivity contribution in [3.05, 3.63) is 65.7 Å². The summed E-state index contributed by atoms with van der Waals surface area (Å²) >= 11 is 0. The summed E-state index contributed by atoms with van der Waals surface area (Å²) in [6.45, 7) is 0.891. The molecule has 0 radical (unpaired) electrons. The van der Waals surface area contributed by atoms with Gasteiger partial charge in [-0.25, -0.2) is 9.18 Å². The summed E-state index contributed by atoms with van der Waals surface area (Å²) in [6, 6.07) is 8.72. The lowest BCUT2D eigenvalue weighted by molar-refractivity contribution is -0.144. The fourth-order valence-electron chi connectivity index (χ4n) is 3.92. The number of hydrogen-bond donors (Lipinski definition) is 5. The number of carbonyl (C=O) groups is 2. The van der Waals surface area contributed by atoms with E-state index in [-0.39, 0.29) is 52.0 Å². The summed E-state index contributed by atoms with van der Waals surface area (Å²) in [6.07, 6.45) is 0.807. The van der Waals surface area contributed by atoms with Crippen LogP contribution in [0.25, 0.3) is 21.7 Å². The minimum atomic E-state index is -4.32. The van der Waals surface area contributed by atoms with Crippen LogP contribution in [0, 0.1) is 5.82 Å². The Morgan fingerprint density at radius 1 is 1.19 bits per heavy atom. The van der Waals surface area contributed by atoms with Crippen LogP contribution in [0.2, 0.25) is 0 Å². The molecule has 2 aromatic heterocycles. The first kappa shape index (κ1) is 26.1. The lowest BCUT2D eigenvalue weighted by Crippen LogP contribution is -2.28. The summed E-state index contributed by atoms with van der Waals surface area (Å²) in [5, 5.41) is 33.6. The Hall–Kier alpha value is -3.99. The van der Waals surface area contributed by atoms with Gasteiger partial charge in [0.05, 0.1) is 23.7 Å². The lowest BCUT2D eigenvalue weighted by atomic mass is 10.0. The second-order valence-corrected chi connectivity index (χ2v) is 10.3. The third-order valence-corrected chi connectivity index (χ3v) is 7.14. The van der Waals surface area contributed by atoms with Crippen molar-refractivity contribution >= 4 is 41.1 Å². The van der Waals surface area contributed by atoms with Gasteiger partial charge in [0.1, 0.15) is 11.3 Å². The van der Waals surface area contributed by atoms with E-state index in [2.05, 4.69) is 14.8 Å². The number of carboxylic acids is 1. The van der Waals surface area contributed by atoms with Gasteiger partial charge in [-0.2, -0.15) is 0 Å². The van der Waals surface area contributed by atoms with Gasteiger partial charge in [-0.05, 0) is 30.7 Å². The number of hydrogen-bond acceptors (Lipinski definition) is 7. The number of pyridine rings is 1. The average Bonchev–Trinajstić information content (AvgIpc) is 3.16. The maximum Gasteiger partial charge on any atom is 0.333 e. The molecule has 0 aliphatic heterocycles. The number of fused-ring (bicyclic) bond motifs is 2. The number of phenolic OH excluding ortho intramolecular Hbond substituents is 1. The second kappa shape index (κ2) is 10.2. The van der Waals surface area contributed by atoms with E-state index in [1.54, 1.807) is 12.1 Å².